The number of aliphatic carboxylic acids is 1. The minimum Gasteiger partial charge on any atom is -0.479 e. The van der Waals surface area contributed by atoms with Gasteiger partial charge in [0.2, 0.25) is 0 Å². The Morgan fingerprint density at radius 3 is 2.30 bits per heavy atom. The first kappa shape index (κ1) is 19.1. The van der Waals surface area contributed by atoms with Crippen LogP contribution in [0.15, 0.2) is 29.2 Å². The number of nitrogens with one attached hydrogen (secondary N) is 1. The minimum atomic E-state index is -3.46. The number of sulfone groups is 1. The molecule has 0 heterocycles. The second kappa shape index (κ2) is 8.61. The molecule has 1 unspecified atom stereocenters. The smallest absolute Gasteiger partial charge is 0.334 e. The van der Waals surface area contributed by atoms with Gasteiger partial charge in [0, 0.05) is 19.8 Å². The summed E-state index contributed by atoms with van der Waals surface area (Å²) < 4.78 is 33.3. The Morgan fingerprint density at radius 2 is 1.83 bits per heavy atom. The first-order valence-electron chi connectivity index (χ1n) is 6.67. The molecule has 1 aromatic rings. The first-order chi connectivity index (χ1) is 10.8. The monoisotopic (exact) mass is 345 g/mol. The molecule has 23 heavy (non-hydrogen) atoms. The average molecular weight is 345 g/mol. The van der Waals surface area contributed by atoms with E-state index in [-0.39, 0.29) is 29.4 Å². The molecule has 0 bridgehead atoms. The molecule has 0 fully saturated rings. The average Bonchev–Trinajstić information content (AvgIpc) is 2.53. The number of carboxylic acid groups (broad SMARTS) is 1. The normalized spacial score (nSPS) is 12.6. The standard InChI is InChI=1S/C14H19NO7S/c1-21-7-8-23(19,20)11-5-3-10(4-6-11)13(16)15-9-12(22-2)14(17)18/h3-6,12H,7-9H2,1-2H3,(H,15,16)(H,17,18). The highest BCUT2D eigenvalue weighted by Crippen LogP contribution is 2.12. The van der Waals surface area contributed by atoms with Crippen LogP contribution in [0, 0.1) is 0 Å². The molecule has 128 valence electrons. The molecule has 2 N–H and O–H groups in total. The van der Waals surface area contributed by atoms with Gasteiger partial charge in [0.25, 0.3) is 5.91 Å². The van der Waals surface area contributed by atoms with Gasteiger partial charge in [-0.15, -0.1) is 0 Å². The Morgan fingerprint density at radius 1 is 1.22 bits per heavy atom. The van der Waals surface area contributed by atoms with Crippen molar-refractivity contribution in [3.8, 4) is 0 Å². The van der Waals surface area contributed by atoms with Crippen LogP contribution in [0.1, 0.15) is 10.4 Å². The molecular formula is C14H19NO7S. The van der Waals surface area contributed by atoms with Gasteiger partial charge in [-0.1, -0.05) is 0 Å². The molecule has 0 aliphatic rings. The Labute approximate surface area is 134 Å². The molecule has 0 saturated heterocycles. The summed E-state index contributed by atoms with van der Waals surface area (Å²) in [7, 11) is -0.823. The molecule has 9 heteroatoms. The van der Waals surface area contributed by atoms with Crippen LogP contribution >= 0.6 is 0 Å². The summed E-state index contributed by atoms with van der Waals surface area (Å²) in [6.45, 7) is -0.114. The second-order valence-corrected chi connectivity index (χ2v) is 6.72. The van der Waals surface area contributed by atoms with Gasteiger partial charge in [0.1, 0.15) is 0 Å². The van der Waals surface area contributed by atoms with Crippen LogP contribution in [-0.2, 0) is 24.1 Å². The van der Waals surface area contributed by atoms with Crippen LogP contribution in [0.5, 0.6) is 0 Å². The molecule has 0 aliphatic carbocycles. The maximum absolute atomic E-state index is 11.9. The van der Waals surface area contributed by atoms with Crippen LogP contribution in [0.25, 0.3) is 0 Å². The molecule has 8 nitrogen and oxygen atoms in total. The van der Waals surface area contributed by atoms with Gasteiger partial charge in [-0.25, -0.2) is 13.2 Å². The third-order valence-corrected chi connectivity index (χ3v) is 4.73. The maximum Gasteiger partial charge on any atom is 0.334 e. The zero-order valence-corrected chi connectivity index (χ0v) is 13.6. The molecule has 0 aliphatic heterocycles. The fraction of sp³-hybridized carbons (Fsp3) is 0.429. The predicted molar refractivity (Wildman–Crippen MR) is 81.1 cm³/mol. The summed E-state index contributed by atoms with van der Waals surface area (Å²) >= 11 is 0. The Kier molecular flexibility index (Phi) is 7.14. The van der Waals surface area contributed by atoms with Crippen molar-refractivity contribution in [1.82, 2.24) is 5.32 Å². The van der Waals surface area contributed by atoms with Crippen molar-refractivity contribution in [2.24, 2.45) is 0 Å². The Hall–Kier alpha value is -1.97. The van der Waals surface area contributed by atoms with E-state index in [4.69, 9.17) is 14.6 Å². The Bertz CT molecular complexity index is 640. The van der Waals surface area contributed by atoms with Crippen LogP contribution in [0.2, 0.25) is 0 Å². The van der Waals surface area contributed by atoms with Crippen LogP contribution in [0.3, 0.4) is 0 Å². The van der Waals surface area contributed by atoms with Crippen molar-refractivity contribution in [3.63, 3.8) is 0 Å². The predicted octanol–water partition coefficient (Wildman–Crippen LogP) is -0.0639. The summed E-state index contributed by atoms with van der Waals surface area (Å²) in [5.74, 6) is -1.86. The summed E-state index contributed by atoms with van der Waals surface area (Å²) in [5.41, 5.74) is 0.218. The molecule has 1 aromatic carbocycles. The Balaban J connectivity index is 2.73. The molecular weight excluding hydrogens is 326 g/mol. The molecule has 1 amide bonds. The zero-order valence-electron chi connectivity index (χ0n) is 12.8. The first-order valence-corrected chi connectivity index (χ1v) is 8.32. The largest absolute Gasteiger partial charge is 0.479 e. The lowest BCUT2D eigenvalue weighted by molar-refractivity contribution is -0.148. The second-order valence-electron chi connectivity index (χ2n) is 4.61. The summed E-state index contributed by atoms with van der Waals surface area (Å²) in [6.07, 6.45) is -1.15. The number of carbonyl (C=O) groups is 2. The van der Waals surface area contributed by atoms with Crippen molar-refractivity contribution < 1.29 is 32.6 Å². The quantitative estimate of drug-likeness (QED) is 0.643. The molecule has 0 aromatic heterocycles. The van der Waals surface area contributed by atoms with Gasteiger partial charge in [0.15, 0.2) is 15.9 Å². The number of ether oxygens (including phenoxy) is 2. The van der Waals surface area contributed by atoms with Gasteiger partial charge in [-0.05, 0) is 24.3 Å². The van der Waals surface area contributed by atoms with Crippen molar-refractivity contribution in [2.75, 3.05) is 33.1 Å². The number of benzene rings is 1. The van der Waals surface area contributed by atoms with Crippen molar-refractivity contribution in [2.45, 2.75) is 11.0 Å². The number of amides is 1. The van der Waals surface area contributed by atoms with Gasteiger partial charge in [-0.3, -0.25) is 4.79 Å². The molecule has 1 rings (SSSR count). The van der Waals surface area contributed by atoms with E-state index < -0.39 is 27.8 Å². The number of rotatable bonds is 9. The highest BCUT2D eigenvalue weighted by atomic mass is 32.2. The molecule has 0 saturated carbocycles. The van der Waals surface area contributed by atoms with E-state index in [0.29, 0.717) is 0 Å². The fourth-order valence-electron chi connectivity index (χ4n) is 1.68. The van der Waals surface area contributed by atoms with Crippen LogP contribution in [-0.4, -0.2) is 64.6 Å². The lowest BCUT2D eigenvalue weighted by Crippen LogP contribution is -2.37. The van der Waals surface area contributed by atoms with Crippen molar-refractivity contribution >= 4 is 21.7 Å². The minimum absolute atomic E-state index is 0.0815. The molecule has 1 atom stereocenters. The van der Waals surface area contributed by atoms with E-state index in [1.165, 1.54) is 38.5 Å². The van der Waals surface area contributed by atoms with Gasteiger partial charge in [-0.2, -0.15) is 0 Å². The number of hydrogen-bond acceptors (Lipinski definition) is 6. The lowest BCUT2D eigenvalue weighted by atomic mass is 10.2. The van der Waals surface area contributed by atoms with Gasteiger partial charge < -0.3 is 19.9 Å². The highest BCUT2D eigenvalue weighted by molar-refractivity contribution is 7.91. The number of carbonyl (C=O) groups excluding carboxylic acids is 1. The van der Waals surface area contributed by atoms with Gasteiger partial charge >= 0.3 is 5.97 Å². The molecule has 0 radical (unpaired) electrons. The topological polar surface area (TPSA) is 119 Å². The SMILES string of the molecule is COCCS(=O)(=O)c1ccc(C(=O)NCC(OC)C(=O)O)cc1. The van der Waals surface area contributed by atoms with Crippen LogP contribution in [0.4, 0.5) is 0 Å². The zero-order chi connectivity index (χ0) is 17.5. The van der Waals surface area contributed by atoms with E-state index in [1.807, 2.05) is 0 Å². The van der Waals surface area contributed by atoms with Crippen LogP contribution < -0.4 is 5.32 Å². The third kappa shape index (κ3) is 5.62. The molecule has 0 spiro atoms. The third-order valence-electron chi connectivity index (χ3n) is 3.04. The van der Waals surface area contributed by atoms with E-state index in [2.05, 4.69) is 5.32 Å². The lowest BCUT2D eigenvalue weighted by Gasteiger charge is -2.11. The number of methoxy groups -OCH3 is 2. The summed E-state index contributed by atoms with van der Waals surface area (Å²) in [4.78, 5) is 22.7. The van der Waals surface area contributed by atoms with E-state index in [0.717, 1.165) is 0 Å². The fourth-order valence-corrected chi connectivity index (χ4v) is 2.86. The number of hydrogen-bond donors (Lipinski definition) is 2. The maximum atomic E-state index is 11.9. The highest BCUT2D eigenvalue weighted by Gasteiger charge is 2.18. The van der Waals surface area contributed by atoms with Gasteiger partial charge in [0.05, 0.1) is 23.8 Å². The summed E-state index contributed by atoms with van der Waals surface area (Å²) in [5, 5.41) is 11.2. The van der Waals surface area contributed by atoms with Crippen molar-refractivity contribution in [3.05, 3.63) is 29.8 Å². The number of carboxylic acids is 1. The van der Waals surface area contributed by atoms with E-state index in [9.17, 15) is 18.0 Å². The van der Waals surface area contributed by atoms with Crippen molar-refractivity contribution in [1.29, 1.82) is 0 Å². The summed E-state index contributed by atoms with van der Waals surface area (Å²) in [6, 6.07) is 5.37. The van der Waals surface area contributed by atoms with E-state index in [1.54, 1.807) is 0 Å². The van der Waals surface area contributed by atoms with E-state index >= 15 is 0 Å².